The fraction of sp³-hybridized carbons (Fsp3) is 0.333. The minimum absolute atomic E-state index is 0.334. The molecule has 0 atom stereocenters. The molecule has 0 amide bonds. The van der Waals surface area contributed by atoms with E-state index in [0.29, 0.717) is 5.75 Å². The Morgan fingerprint density at radius 2 is 1.88 bits per heavy atom. The van der Waals surface area contributed by atoms with Gasteiger partial charge in [0.15, 0.2) is 0 Å². The van der Waals surface area contributed by atoms with Gasteiger partial charge in [-0.25, -0.2) is 0 Å². The maximum atomic E-state index is 9.45. The normalized spacial score (nSPS) is 14.9. The van der Waals surface area contributed by atoms with E-state index in [1.54, 1.807) is 12.1 Å². The number of hydrogen-bond donors (Lipinski definition) is 1. The Balaban J connectivity index is 1.73. The van der Waals surface area contributed by atoms with Gasteiger partial charge in [-0.2, -0.15) is 0 Å². The Morgan fingerprint density at radius 3 is 2.67 bits per heavy atom. The molecular weight excluding hydrogens is 296 g/mol. The van der Waals surface area contributed by atoms with Gasteiger partial charge in [-0.3, -0.25) is 0 Å². The van der Waals surface area contributed by atoms with E-state index in [-0.39, 0.29) is 0 Å². The van der Waals surface area contributed by atoms with Gasteiger partial charge in [0, 0.05) is 42.7 Å². The van der Waals surface area contributed by atoms with Crippen LogP contribution in [0.4, 0.5) is 0 Å². The highest BCUT2D eigenvalue weighted by atomic mass is 16.3. The summed E-state index contributed by atoms with van der Waals surface area (Å²) in [6.07, 6.45) is 2.11. The van der Waals surface area contributed by atoms with Crippen molar-refractivity contribution in [2.45, 2.75) is 32.9 Å². The molecule has 0 radical (unpaired) electrons. The molecule has 0 saturated carbocycles. The summed E-state index contributed by atoms with van der Waals surface area (Å²) in [6, 6.07) is 14.4. The van der Waals surface area contributed by atoms with Crippen LogP contribution in [-0.2, 0) is 25.9 Å². The maximum Gasteiger partial charge on any atom is 0.115 e. The van der Waals surface area contributed by atoms with Gasteiger partial charge >= 0.3 is 0 Å². The zero-order valence-corrected chi connectivity index (χ0v) is 14.4. The number of hydrogen-bond acceptors (Lipinski definition) is 2. The Hall–Kier alpha value is -2.26. The molecule has 0 saturated heterocycles. The molecule has 1 aliphatic rings. The number of benzene rings is 2. The molecule has 3 nitrogen and oxygen atoms in total. The summed E-state index contributed by atoms with van der Waals surface area (Å²) in [5, 5.41) is 10.9. The molecule has 1 aromatic heterocycles. The number of likely N-dealkylation sites (N-methyl/N-ethyl adjacent to an activating group) is 1. The first kappa shape index (κ1) is 15.3. The van der Waals surface area contributed by atoms with E-state index in [2.05, 4.69) is 41.6 Å². The van der Waals surface area contributed by atoms with E-state index in [1.807, 2.05) is 12.1 Å². The molecule has 0 spiro atoms. The minimum atomic E-state index is 0.334. The second kappa shape index (κ2) is 5.99. The molecule has 4 rings (SSSR count). The van der Waals surface area contributed by atoms with Crippen molar-refractivity contribution < 1.29 is 5.11 Å². The highest BCUT2D eigenvalue weighted by Crippen LogP contribution is 2.31. The summed E-state index contributed by atoms with van der Waals surface area (Å²) < 4.78 is 2.52. The van der Waals surface area contributed by atoms with E-state index in [4.69, 9.17) is 0 Å². The lowest BCUT2D eigenvalue weighted by Crippen LogP contribution is -2.27. The molecule has 0 fully saturated rings. The quantitative estimate of drug-likeness (QED) is 0.793. The summed E-state index contributed by atoms with van der Waals surface area (Å²) in [5.74, 6) is 0.334. The van der Waals surface area contributed by atoms with Gasteiger partial charge in [0.2, 0.25) is 0 Å². The zero-order valence-electron chi connectivity index (χ0n) is 14.4. The van der Waals surface area contributed by atoms with Crippen molar-refractivity contribution in [2.24, 2.45) is 0 Å². The van der Waals surface area contributed by atoms with E-state index in [9.17, 15) is 5.11 Å². The summed E-state index contributed by atoms with van der Waals surface area (Å²) in [4.78, 5) is 2.41. The van der Waals surface area contributed by atoms with Crippen LogP contribution < -0.4 is 0 Å². The maximum absolute atomic E-state index is 9.45. The van der Waals surface area contributed by atoms with Gasteiger partial charge in [0.25, 0.3) is 0 Å². The lowest BCUT2D eigenvalue weighted by molar-refractivity contribution is 0.309. The molecule has 3 heteroatoms. The third kappa shape index (κ3) is 2.69. The van der Waals surface area contributed by atoms with Crippen LogP contribution in [-0.4, -0.2) is 28.2 Å². The first-order valence-corrected chi connectivity index (χ1v) is 8.69. The van der Waals surface area contributed by atoms with Crippen molar-refractivity contribution in [2.75, 3.05) is 13.6 Å². The predicted octanol–water partition coefficient (Wildman–Crippen LogP) is 3.89. The number of phenols is 1. The van der Waals surface area contributed by atoms with Crippen LogP contribution in [0.5, 0.6) is 5.75 Å². The third-order valence-electron chi connectivity index (χ3n) is 5.16. The molecule has 0 aliphatic carbocycles. The Kier molecular flexibility index (Phi) is 3.81. The van der Waals surface area contributed by atoms with Gasteiger partial charge in [0.1, 0.15) is 5.75 Å². The van der Waals surface area contributed by atoms with Crippen LogP contribution in [0.15, 0.2) is 42.5 Å². The summed E-state index contributed by atoms with van der Waals surface area (Å²) in [6.45, 7) is 5.33. The largest absolute Gasteiger partial charge is 0.508 e. The SMILES string of the molecule is Cc1ccc2c(c1)c1c(n2CCc2ccc(O)cc2)CCN(C)C1. The predicted molar refractivity (Wildman–Crippen MR) is 98.5 cm³/mol. The molecule has 24 heavy (non-hydrogen) atoms. The smallest absolute Gasteiger partial charge is 0.115 e. The Labute approximate surface area is 143 Å². The average molecular weight is 320 g/mol. The second-order valence-corrected chi connectivity index (χ2v) is 7.00. The Bertz CT molecular complexity index is 877. The van der Waals surface area contributed by atoms with Gasteiger partial charge in [-0.15, -0.1) is 0 Å². The van der Waals surface area contributed by atoms with Crippen LogP contribution >= 0.6 is 0 Å². The zero-order chi connectivity index (χ0) is 16.7. The highest BCUT2D eigenvalue weighted by molar-refractivity contribution is 5.86. The summed E-state index contributed by atoms with van der Waals surface area (Å²) in [7, 11) is 2.21. The minimum Gasteiger partial charge on any atom is -0.508 e. The number of nitrogens with zero attached hydrogens (tertiary/aromatic N) is 2. The summed E-state index contributed by atoms with van der Waals surface area (Å²) >= 11 is 0. The van der Waals surface area contributed by atoms with Crippen molar-refractivity contribution in [3.8, 4) is 5.75 Å². The lowest BCUT2D eigenvalue weighted by atomic mass is 10.0. The number of aromatic hydroxyl groups is 1. The monoisotopic (exact) mass is 320 g/mol. The lowest BCUT2D eigenvalue weighted by Gasteiger charge is -2.24. The van der Waals surface area contributed by atoms with E-state index < -0.39 is 0 Å². The fourth-order valence-corrected chi connectivity index (χ4v) is 3.86. The molecule has 124 valence electrons. The van der Waals surface area contributed by atoms with Crippen molar-refractivity contribution >= 4 is 10.9 Å². The van der Waals surface area contributed by atoms with E-state index >= 15 is 0 Å². The first-order chi connectivity index (χ1) is 11.6. The van der Waals surface area contributed by atoms with Crippen molar-refractivity contribution in [1.82, 2.24) is 9.47 Å². The molecule has 0 bridgehead atoms. The number of aryl methyl sites for hydroxylation is 3. The van der Waals surface area contributed by atoms with E-state index in [0.717, 1.165) is 32.5 Å². The van der Waals surface area contributed by atoms with E-state index in [1.165, 1.54) is 33.3 Å². The van der Waals surface area contributed by atoms with Crippen molar-refractivity contribution in [3.63, 3.8) is 0 Å². The first-order valence-electron chi connectivity index (χ1n) is 8.69. The van der Waals surface area contributed by atoms with Gasteiger partial charge in [-0.05, 0) is 55.8 Å². The molecule has 2 aromatic carbocycles. The number of rotatable bonds is 3. The van der Waals surface area contributed by atoms with Crippen LogP contribution in [0.1, 0.15) is 22.4 Å². The number of phenolic OH excluding ortho intramolecular Hbond substituents is 1. The van der Waals surface area contributed by atoms with Crippen molar-refractivity contribution in [1.29, 1.82) is 0 Å². The van der Waals surface area contributed by atoms with Crippen LogP contribution in [0.25, 0.3) is 10.9 Å². The molecule has 3 aromatic rings. The summed E-state index contributed by atoms with van der Waals surface area (Å²) in [5.41, 5.74) is 6.97. The van der Waals surface area contributed by atoms with Gasteiger partial charge < -0.3 is 14.6 Å². The molecule has 0 unspecified atom stereocenters. The Morgan fingerprint density at radius 1 is 1.08 bits per heavy atom. The fourth-order valence-electron chi connectivity index (χ4n) is 3.86. The second-order valence-electron chi connectivity index (χ2n) is 7.00. The third-order valence-corrected chi connectivity index (χ3v) is 5.16. The molecule has 1 aliphatic heterocycles. The van der Waals surface area contributed by atoms with Crippen LogP contribution in [0.2, 0.25) is 0 Å². The van der Waals surface area contributed by atoms with Gasteiger partial charge in [-0.1, -0.05) is 23.8 Å². The van der Waals surface area contributed by atoms with Gasteiger partial charge in [0.05, 0.1) is 0 Å². The van der Waals surface area contributed by atoms with Crippen molar-refractivity contribution in [3.05, 3.63) is 64.8 Å². The standard InChI is InChI=1S/C21H24N2O/c1-15-3-8-20-18(13-15)19-14-22(2)11-10-21(19)23(20)12-9-16-4-6-17(24)7-5-16/h3-8,13,24H,9-12,14H2,1-2H3. The highest BCUT2D eigenvalue weighted by Gasteiger charge is 2.22. The molecule has 2 heterocycles. The van der Waals surface area contributed by atoms with Crippen LogP contribution in [0.3, 0.4) is 0 Å². The molecular formula is C21H24N2O. The number of aromatic nitrogens is 1. The number of fused-ring (bicyclic) bond motifs is 3. The average Bonchev–Trinajstić information content (AvgIpc) is 2.87. The van der Waals surface area contributed by atoms with Crippen LogP contribution in [0, 0.1) is 6.92 Å². The molecule has 1 N–H and O–H groups in total. The topological polar surface area (TPSA) is 28.4 Å².